The summed E-state index contributed by atoms with van der Waals surface area (Å²) in [6.07, 6.45) is 4.15. The number of pyridine rings is 2. The van der Waals surface area contributed by atoms with E-state index in [1.807, 2.05) is 6.20 Å². The van der Waals surface area contributed by atoms with Crippen molar-refractivity contribution in [1.29, 1.82) is 0 Å². The SMILES string of the molecule is CC(C)c1nccc2c1CCN(c1cc3c(c(C(C)C)n1)CNCC3)C2. The van der Waals surface area contributed by atoms with Crippen LogP contribution in [0, 0.1) is 0 Å². The molecular formula is C22H30N4. The normalized spacial score (nSPS) is 16.8. The molecule has 138 valence electrons. The summed E-state index contributed by atoms with van der Waals surface area (Å²) in [6, 6.07) is 4.54. The Bertz CT molecular complexity index is 810. The van der Waals surface area contributed by atoms with Crippen molar-refractivity contribution in [3.63, 3.8) is 0 Å². The van der Waals surface area contributed by atoms with Gasteiger partial charge in [-0.15, -0.1) is 0 Å². The Morgan fingerprint density at radius 3 is 2.58 bits per heavy atom. The van der Waals surface area contributed by atoms with Crippen molar-refractivity contribution in [2.75, 3.05) is 18.0 Å². The summed E-state index contributed by atoms with van der Waals surface area (Å²) in [6.45, 7) is 13.0. The zero-order chi connectivity index (χ0) is 18.3. The second-order valence-corrected chi connectivity index (χ2v) is 8.24. The predicted molar refractivity (Wildman–Crippen MR) is 107 cm³/mol. The lowest BCUT2D eigenvalue weighted by Gasteiger charge is -2.33. The zero-order valence-corrected chi connectivity index (χ0v) is 16.5. The van der Waals surface area contributed by atoms with Crippen molar-refractivity contribution in [3.05, 3.63) is 52.0 Å². The van der Waals surface area contributed by atoms with Crippen molar-refractivity contribution in [2.45, 2.75) is 65.5 Å². The van der Waals surface area contributed by atoms with Crippen molar-refractivity contribution < 1.29 is 0 Å². The Kier molecular flexibility index (Phi) is 4.70. The maximum Gasteiger partial charge on any atom is 0.129 e. The summed E-state index contributed by atoms with van der Waals surface area (Å²) < 4.78 is 0. The molecule has 0 bridgehead atoms. The molecule has 0 spiro atoms. The average Bonchev–Trinajstić information content (AvgIpc) is 2.65. The molecular weight excluding hydrogens is 320 g/mol. The molecule has 4 heteroatoms. The van der Waals surface area contributed by atoms with E-state index in [-0.39, 0.29) is 0 Å². The molecule has 0 fully saturated rings. The van der Waals surface area contributed by atoms with Crippen LogP contribution in [-0.2, 0) is 25.9 Å². The molecule has 2 aliphatic rings. The number of rotatable bonds is 3. The van der Waals surface area contributed by atoms with Crippen LogP contribution in [-0.4, -0.2) is 23.1 Å². The minimum atomic E-state index is 0.456. The van der Waals surface area contributed by atoms with Gasteiger partial charge in [0.2, 0.25) is 0 Å². The molecule has 0 atom stereocenters. The second-order valence-electron chi connectivity index (χ2n) is 8.24. The van der Waals surface area contributed by atoms with Crippen LogP contribution in [0.25, 0.3) is 0 Å². The van der Waals surface area contributed by atoms with Gasteiger partial charge >= 0.3 is 0 Å². The van der Waals surface area contributed by atoms with E-state index in [4.69, 9.17) is 4.98 Å². The van der Waals surface area contributed by atoms with Gasteiger partial charge in [-0.3, -0.25) is 4.98 Å². The Balaban J connectivity index is 1.69. The van der Waals surface area contributed by atoms with E-state index in [1.165, 1.54) is 33.6 Å². The van der Waals surface area contributed by atoms with Crippen LogP contribution in [0.4, 0.5) is 5.82 Å². The zero-order valence-electron chi connectivity index (χ0n) is 16.5. The fraction of sp³-hybridized carbons (Fsp3) is 0.545. The Hall–Kier alpha value is -1.94. The first-order valence-corrected chi connectivity index (χ1v) is 9.99. The van der Waals surface area contributed by atoms with Crippen molar-refractivity contribution in [1.82, 2.24) is 15.3 Å². The fourth-order valence-electron chi connectivity index (χ4n) is 4.35. The van der Waals surface area contributed by atoms with Gasteiger partial charge in [-0.1, -0.05) is 27.7 Å². The third-order valence-electron chi connectivity index (χ3n) is 5.70. The van der Waals surface area contributed by atoms with E-state index in [0.717, 1.165) is 44.8 Å². The molecule has 0 unspecified atom stereocenters. The first-order valence-electron chi connectivity index (χ1n) is 9.99. The predicted octanol–water partition coefficient (Wildman–Crippen LogP) is 3.93. The van der Waals surface area contributed by atoms with E-state index >= 15 is 0 Å². The highest BCUT2D eigenvalue weighted by Crippen LogP contribution is 2.31. The minimum absolute atomic E-state index is 0.456. The average molecular weight is 351 g/mol. The smallest absolute Gasteiger partial charge is 0.129 e. The van der Waals surface area contributed by atoms with E-state index in [2.05, 4.69) is 55.0 Å². The van der Waals surface area contributed by atoms with Gasteiger partial charge in [-0.25, -0.2) is 4.98 Å². The van der Waals surface area contributed by atoms with Gasteiger partial charge in [0.25, 0.3) is 0 Å². The van der Waals surface area contributed by atoms with Crippen molar-refractivity contribution in [2.24, 2.45) is 0 Å². The first-order chi connectivity index (χ1) is 12.5. The lowest BCUT2D eigenvalue weighted by atomic mass is 9.92. The van der Waals surface area contributed by atoms with Gasteiger partial charge in [0.15, 0.2) is 0 Å². The third-order valence-corrected chi connectivity index (χ3v) is 5.70. The molecule has 0 radical (unpaired) electrons. The highest BCUT2D eigenvalue weighted by Gasteiger charge is 2.24. The molecule has 0 aromatic carbocycles. The summed E-state index contributed by atoms with van der Waals surface area (Å²) in [5, 5.41) is 3.50. The van der Waals surface area contributed by atoms with Gasteiger partial charge in [0, 0.05) is 31.5 Å². The number of aromatic nitrogens is 2. The summed E-state index contributed by atoms with van der Waals surface area (Å²) in [5.41, 5.74) is 8.34. The second kappa shape index (κ2) is 6.99. The highest BCUT2D eigenvalue weighted by molar-refractivity contribution is 5.51. The van der Waals surface area contributed by atoms with Crippen LogP contribution in [0.3, 0.4) is 0 Å². The molecule has 26 heavy (non-hydrogen) atoms. The summed E-state index contributed by atoms with van der Waals surface area (Å²) in [5.74, 6) is 2.10. The summed E-state index contributed by atoms with van der Waals surface area (Å²) in [4.78, 5) is 12.2. The molecule has 0 amide bonds. The molecule has 4 heterocycles. The minimum Gasteiger partial charge on any atom is -0.352 e. The van der Waals surface area contributed by atoms with E-state index in [1.54, 1.807) is 0 Å². The molecule has 0 saturated heterocycles. The molecule has 4 rings (SSSR count). The maximum absolute atomic E-state index is 5.11. The number of hydrogen-bond donors (Lipinski definition) is 1. The van der Waals surface area contributed by atoms with Crippen LogP contribution in [0.2, 0.25) is 0 Å². The number of nitrogens with zero attached hydrogens (tertiary/aromatic N) is 3. The van der Waals surface area contributed by atoms with Gasteiger partial charge in [-0.2, -0.15) is 0 Å². The van der Waals surface area contributed by atoms with E-state index in [0.29, 0.717) is 11.8 Å². The van der Waals surface area contributed by atoms with Gasteiger partial charge in [0.1, 0.15) is 5.82 Å². The topological polar surface area (TPSA) is 41.1 Å². The van der Waals surface area contributed by atoms with Crippen LogP contribution >= 0.6 is 0 Å². The molecule has 4 nitrogen and oxygen atoms in total. The fourth-order valence-corrected chi connectivity index (χ4v) is 4.35. The molecule has 1 N–H and O–H groups in total. The number of anilines is 1. The summed E-state index contributed by atoms with van der Waals surface area (Å²) >= 11 is 0. The van der Waals surface area contributed by atoms with E-state index < -0.39 is 0 Å². The van der Waals surface area contributed by atoms with Crippen LogP contribution in [0.5, 0.6) is 0 Å². The Labute approximate surface area is 157 Å². The van der Waals surface area contributed by atoms with Crippen LogP contribution in [0.15, 0.2) is 18.3 Å². The molecule has 0 saturated carbocycles. The quantitative estimate of drug-likeness (QED) is 0.910. The van der Waals surface area contributed by atoms with Crippen LogP contribution in [0.1, 0.15) is 73.2 Å². The highest BCUT2D eigenvalue weighted by atomic mass is 15.2. The number of fused-ring (bicyclic) bond motifs is 2. The van der Waals surface area contributed by atoms with Gasteiger partial charge < -0.3 is 10.2 Å². The molecule has 0 aliphatic carbocycles. The number of hydrogen-bond acceptors (Lipinski definition) is 4. The molecule has 2 aromatic heterocycles. The lowest BCUT2D eigenvalue weighted by Crippen LogP contribution is -2.33. The Morgan fingerprint density at radius 2 is 1.81 bits per heavy atom. The van der Waals surface area contributed by atoms with E-state index in [9.17, 15) is 0 Å². The molecule has 2 aromatic rings. The summed E-state index contributed by atoms with van der Waals surface area (Å²) in [7, 11) is 0. The monoisotopic (exact) mass is 350 g/mol. The van der Waals surface area contributed by atoms with Gasteiger partial charge in [-0.05, 0) is 65.6 Å². The maximum atomic E-state index is 5.11. The van der Waals surface area contributed by atoms with Gasteiger partial charge in [0.05, 0.1) is 5.69 Å². The third kappa shape index (κ3) is 3.11. The standard InChI is InChI=1S/C22H30N4/c1-14(2)21-18-7-10-26(13-17(18)6-9-24-21)20-11-16-5-8-23-12-19(16)22(25-20)15(3)4/h6,9,11,14-15,23H,5,7-8,10,12-13H2,1-4H3. The van der Waals surface area contributed by atoms with Crippen molar-refractivity contribution >= 4 is 5.82 Å². The van der Waals surface area contributed by atoms with Crippen LogP contribution < -0.4 is 10.2 Å². The van der Waals surface area contributed by atoms with Crippen molar-refractivity contribution in [3.8, 4) is 0 Å². The first kappa shape index (κ1) is 17.5. The molecule has 2 aliphatic heterocycles. The largest absolute Gasteiger partial charge is 0.352 e. The number of nitrogens with one attached hydrogen (secondary N) is 1. The lowest BCUT2D eigenvalue weighted by molar-refractivity contribution is 0.619. The Morgan fingerprint density at radius 1 is 1.00 bits per heavy atom.